The number of hydrogen-bond donors (Lipinski definition) is 0. The van der Waals surface area contributed by atoms with Crippen LogP contribution in [0.25, 0.3) is 10.2 Å². The van der Waals surface area contributed by atoms with Crippen LogP contribution in [0.1, 0.15) is 45.4 Å². The second-order valence-corrected chi connectivity index (χ2v) is 10.7. The van der Waals surface area contributed by atoms with E-state index in [2.05, 4.69) is 27.9 Å². The van der Waals surface area contributed by atoms with Crippen molar-refractivity contribution in [2.75, 3.05) is 44.2 Å². The molecule has 0 N–H and O–H groups in total. The van der Waals surface area contributed by atoms with Crippen LogP contribution in [0.3, 0.4) is 0 Å². The first-order valence-electron chi connectivity index (χ1n) is 11.5. The van der Waals surface area contributed by atoms with Crippen molar-refractivity contribution < 1.29 is 14.3 Å². The number of likely N-dealkylation sites (tertiary alicyclic amines) is 1. The molecule has 4 heterocycles. The summed E-state index contributed by atoms with van der Waals surface area (Å²) < 4.78 is 5.50. The highest BCUT2D eigenvalue weighted by molar-refractivity contribution is 7.18. The van der Waals surface area contributed by atoms with Crippen molar-refractivity contribution in [3.8, 4) is 0 Å². The molecule has 32 heavy (non-hydrogen) atoms. The lowest BCUT2D eigenvalue weighted by Crippen LogP contribution is -2.53. The van der Waals surface area contributed by atoms with E-state index in [9.17, 15) is 9.59 Å². The molecular formula is C23H33N5O3S. The third kappa shape index (κ3) is 4.98. The van der Waals surface area contributed by atoms with Gasteiger partial charge >= 0.3 is 6.09 Å². The summed E-state index contributed by atoms with van der Waals surface area (Å²) in [5.41, 5.74) is -0.531. The zero-order valence-corrected chi connectivity index (χ0v) is 20.3. The molecule has 1 atom stereocenters. The number of piperidine rings is 1. The molecule has 2 amide bonds. The van der Waals surface area contributed by atoms with Crippen LogP contribution in [0, 0.1) is 5.92 Å². The van der Waals surface area contributed by atoms with E-state index in [1.54, 1.807) is 22.6 Å². The minimum atomic E-state index is -0.531. The van der Waals surface area contributed by atoms with Crippen LogP contribution >= 0.6 is 11.3 Å². The molecule has 0 aromatic carbocycles. The summed E-state index contributed by atoms with van der Waals surface area (Å²) in [4.78, 5) is 42.9. The second-order valence-electron chi connectivity index (χ2n) is 9.56. The summed E-state index contributed by atoms with van der Waals surface area (Å²) in [6, 6.07) is 2.19. The van der Waals surface area contributed by atoms with Gasteiger partial charge in [-0.2, -0.15) is 0 Å². The first-order chi connectivity index (χ1) is 15.2. The number of carbonyl (C=O) groups excluding carboxylic acids is 2. The number of aryl methyl sites for hydroxylation is 1. The van der Waals surface area contributed by atoms with Gasteiger partial charge in [0.15, 0.2) is 0 Å². The molecule has 8 nitrogen and oxygen atoms in total. The average Bonchev–Trinajstić information content (AvgIpc) is 3.21. The Balaban J connectivity index is 1.36. The largest absolute Gasteiger partial charge is 0.444 e. The quantitative estimate of drug-likeness (QED) is 0.699. The Morgan fingerprint density at radius 1 is 1.12 bits per heavy atom. The van der Waals surface area contributed by atoms with Crippen molar-refractivity contribution in [2.24, 2.45) is 5.92 Å². The molecule has 2 fully saturated rings. The lowest BCUT2D eigenvalue weighted by Gasteiger charge is -2.39. The Morgan fingerprint density at radius 3 is 2.56 bits per heavy atom. The van der Waals surface area contributed by atoms with Crippen LogP contribution < -0.4 is 4.90 Å². The predicted molar refractivity (Wildman–Crippen MR) is 126 cm³/mol. The lowest BCUT2D eigenvalue weighted by atomic mass is 9.96. The van der Waals surface area contributed by atoms with Crippen molar-refractivity contribution in [3.63, 3.8) is 0 Å². The smallest absolute Gasteiger partial charge is 0.410 e. The van der Waals surface area contributed by atoms with Crippen LogP contribution in [0.15, 0.2) is 12.4 Å². The second kappa shape index (κ2) is 9.21. The molecule has 2 aliphatic heterocycles. The van der Waals surface area contributed by atoms with E-state index in [-0.39, 0.29) is 17.9 Å². The summed E-state index contributed by atoms with van der Waals surface area (Å²) in [6.45, 7) is 11.7. The van der Waals surface area contributed by atoms with Crippen molar-refractivity contribution in [1.29, 1.82) is 0 Å². The molecule has 0 spiro atoms. The molecule has 4 rings (SSSR count). The molecule has 0 aliphatic carbocycles. The number of thiophene rings is 1. The number of aromatic nitrogens is 2. The fourth-order valence-corrected chi connectivity index (χ4v) is 5.32. The molecule has 0 bridgehead atoms. The number of nitrogens with zero attached hydrogens (tertiary/aromatic N) is 5. The standard InChI is InChI=1S/C23H33N5O3S/c1-5-17-13-18-19(24-15-25-20(18)32-17)26-9-11-27(12-10-26)21(29)16-7-6-8-28(14-16)22(30)31-23(2,3)4/h13,15-16H,5-12,14H2,1-4H3. The van der Waals surface area contributed by atoms with Gasteiger partial charge in [0.2, 0.25) is 5.91 Å². The number of amides is 2. The number of hydrogen-bond acceptors (Lipinski definition) is 7. The molecule has 174 valence electrons. The molecule has 2 aromatic rings. The Labute approximate surface area is 193 Å². The molecule has 9 heteroatoms. The summed E-state index contributed by atoms with van der Waals surface area (Å²) in [5, 5.41) is 1.11. The van der Waals surface area contributed by atoms with Crippen molar-refractivity contribution in [2.45, 2.75) is 52.6 Å². The maximum Gasteiger partial charge on any atom is 0.410 e. The molecule has 1 unspecified atom stereocenters. The maximum atomic E-state index is 13.2. The van der Waals surface area contributed by atoms with Crippen LogP contribution in [0.4, 0.5) is 10.6 Å². The van der Waals surface area contributed by atoms with Crippen LogP contribution in [-0.2, 0) is 16.0 Å². The Morgan fingerprint density at radius 2 is 1.88 bits per heavy atom. The van der Waals surface area contributed by atoms with Crippen molar-refractivity contribution >= 4 is 39.4 Å². The van der Waals surface area contributed by atoms with Gasteiger partial charge in [-0.05, 0) is 46.1 Å². The highest BCUT2D eigenvalue weighted by atomic mass is 32.1. The zero-order valence-electron chi connectivity index (χ0n) is 19.5. The van der Waals surface area contributed by atoms with E-state index in [1.165, 1.54) is 4.88 Å². The van der Waals surface area contributed by atoms with E-state index >= 15 is 0 Å². The number of rotatable bonds is 3. The number of carbonyl (C=O) groups is 2. The number of anilines is 1. The fourth-order valence-electron chi connectivity index (χ4n) is 4.39. The van der Waals surface area contributed by atoms with E-state index in [4.69, 9.17) is 4.74 Å². The molecule has 0 radical (unpaired) electrons. The summed E-state index contributed by atoms with van der Waals surface area (Å²) in [7, 11) is 0. The topological polar surface area (TPSA) is 78.9 Å². The normalized spacial score (nSPS) is 20.0. The Hall–Kier alpha value is -2.42. The Kier molecular flexibility index (Phi) is 6.55. The number of ether oxygens (including phenoxy) is 1. The highest BCUT2D eigenvalue weighted by Crippen LogP contribution is 2.31. The molecule has 2 aromatic heterocycles. The molecule has 2 saturated heterocycles. The zero-order chi connectivity index (χ0) is 22.9. The summed E-state index contributed by atoms with van der Waals surface area (Å²) in [6.07, 6.45) is 3.95. The van der Waals surface area contributed by atoms with Crippen molar-refractivity contribution in [3.05, 3.63) is 17.3 Å². The van der Waals surface area contributed by atoms with Crippen molar-refractivity contribution in [1.82, 2.24) is 19.8 Å². The number of piperazine rings is 1. The first kappa shape index (κ1) is 22.8. The fraction of sp³-hybridized carbons (Fsp3) is 0.652. The average molecular weight is 460 g/mol. The van der Waals surface area contributed by atoms with E-state index in [0.29, 0.717) is 26.2 Å². The summed E-state index contributed by atoms with van der Waals surface area (Å²) >= 11 is 1.72. The maximum absolute atomic E-state index is 13.2. The van der Waals surface area contributed by atoms with Crippen LogP contribution in [0.5, 0.6) is 0 Å². The van der Waals surface area contributed by atoms with Gasteiger partial charge < -0.3 is 19.4 Å². The van der Waals surface area contributed by atoms with E-state index < -0.39 is 5.60 Å². The van der Waals surface area contributed by atoms with Gasteiger partial charge in [0, 0.05) is 44.1 Å². The van der Waals surface area contributed by atoms with Gasteiger partial charge in [0.05, 0.1) is 11.3 Å². The van der Waals surface area contributed by atoms with Gasteiger partial charge in [0.25, 0.3) is 0 Å². The highest BCUT2D eigenvalue weighted by Gasteiger charge is 2.34. The van der Waals surface area contributed by atoms with E-state index in [0.717, 1.165) is 48.4 Å². The van der Waals surface area contributed by atoms with E-state index in [1.807, 2.05) is 25.7 Å². The lowest BCUT2D eigenvalue weighted by molar-refractivity contribution is -0.137. The van der Waals surface area contributed by atoms with Gasteiger partial charge in [0.1, 0.15) is 22.6 Å². The van der Waals surface area contributed by atoms with Crippen LogP contribution in [0.2, 0.25) is 0 Å². The van der Waals surface area contributed by atoms with Crippen LogP contribution in [-0.4, -0.2) is 76.6 Å². The third-order valence-electron chi connectivity index (χ3n) is 6.02. The summed E-state index contributed by atoms with van der Waals surface area (Å²) in [5.74, 6) is 0.957. The first-order valence-corrected chi connectivity index (χ1v) is 12.3. The third-order valence-corrected chi connectivity index (χ3v) is 7.21. The number of fused-ring (bicyclic) bond motifs is 1. The predicted octanol–water partition coefficient (Wildman–Crippen LogP) is 3.55. The SMILES string of the molecule is CCc1cc2c(N3CCN(C(=O)C4CCCN(C(=O)OC(C)(C)C)C4)CC3)ncnc2s1. The molecular weight excluding hydrogens is 426 g/mol. The molecule has 0 saturated carbocycles. The molecule has 2 aliphatic rings. The van der Waals surface area contributed by atoms with Gasteiger partial charge in [-0.25, -0.2) is 14.8 Å². The minimum absolute atomic E-state index is 0.148. The minimum Gasteiger partial charge on any atom is -0.444 e. The van der Waals surface area contributed by atoms with Gasteiger partial charge in [-0.15, -0.1) is 11.3 Å². The van der Waals surface area contributed by atoms with Gasteiger partial charge in [-0.3, -0.25) is 4.79 Å². The monoisotopic (exact) mass is 459 g/mol. The Bertz CT molecular complexity index is 978. The van der Waals surface area contributed by atoms with Gasteiger partial charge in [-0.1, -0.05) is 6.92 Å².